The molecular formula is C28H43N3O2S2. The third-order valence-corrected chi connectivity index (χ3v) is 9.01. The predicted octanol–water partition coefficient (Wildman–Crippen LogP) is 8.69. The van der Waals surface area contributed by atoms with E-state index in [1.807, 2.05) is 0 Å². The highest BCUT2D eigenvalue weighted by Crippen LogP contribution is 2.39. The van der Waals surface area contributed by atoms with Gasteiger partial charge in [0.2, 0.25) is 0 Å². The lowest BCUT2D eigenvalue weighted by atomic mass is 9.93. The van der Waals surface area contributed by atoms with E-state index in [-0.39, 0.29) is 0 Å². The molecule has 194 valence electrons. The zero-order valence-electron chi connectivity index (χ0n) is 21.7. The van der Waals surface area contributed by atoms with Crippen LogP contribution in [0.5, 0.6) is 0 Å². The summed E-state index contributed by atoms with van der Waals surface area (Å²) in [5, 5.41) is 0.791. The minimum absolute atomic E-state index is 0.390. The number of fused-ring (bicyclic) bond motifs is 1. The fourth-order valence-electron chi connectivity index (χ4n) is 4.92. The molecular weight excluding hydrogens is 474 g/mol. The van der Waals surface area contributed by atoms with Gasteiger partial charge in [-0.05, 0) is 18.8 Å². The van der Waals surface area contributed by atoms with E-state index in [1.54, 1.807) is 16.6 Å². The average Bonchev–Trinajstić information content (AvgIpc) is 3.58. The molecule has 0 fully saturated rings. The second-order valence-corrected chi connectivity index (χ2v) is 11.9. The van der Waals surface area contributed by atoms with Crippen molar-refractivity contribution in [2.45, 2.75) is 117 Å². The van der Waals surface area contributed by atoms with Crippen LogP contribution < -0.4 is 4.90 Å². The van der Waals surface area contributed by atoms with Gasteiger partial charge in [-0.3, -0.25) is 19.5 Å². The molecule has 0 spiro atoms. The first kappa shape index (κ1) is 28.0. The molecule has 0 radical (unpaired) electrons. The SMILES string of the molecule is CCCCCCCCCCC(CCCCCCCC)CN1C(=O)C(=O)c2sc(-c3cncs3)nc21. The van der Waals surface area contributed by atoms with Crippen LogP contribution in [0, 0.1) is 5.92 Å². The Balaban J connectivity index is 1.56. The van der Waals surface area contributed by atoms with Gasteiger partial charge in [0.25, 0.3) is 5.78 Å². The number of unbranched alkanes of at least 4 members (excludes halogenated alkanes) is 12. The monoisotopic (exact) mass is 517 g/mol. The summed E-state index contributed by atoms with van der Waals surface area (Å²) >= 11 is 2.84. The average molecular weight is 518 g/mol. The molecule has 0 bridgehead atoms. The van der Waals surface area contributed by atoms with Crippen molar-refractivity contribution in [1.82, 2.24) is 9.97 Å². The molecule has 0 N–H and O–H groups in total. The lowest BCUT2D eigenvalue weighted by molar-refractivity contribution is -0.114. The number of nitrogens with zero attached hydrogens (tertiary/aromatic N) is 3. The first-order chi connectivity index (χ1) is 17.2. The molecule has 2 aromatic heterocycles. The topological polar surface area (TPSA) is 63.2 Å². The van der Waals surface area contributed by atoms with Gasteiger partial charge < -0.3 is 0 Å². The summed E-state index contributed by atoms with van der Waals surface area (Å²) in [7, 11) is 0. The van der Waals surface area contributed by atoms with E-state index in [0.29, 0.717) is 23.2 Å². The Bertz CT molecular complexity index is 894. The highest BCUT2D eigenvalue weighted by Gasteiger charge is 2.40. The molecule has 3 heterocycles. The molecule has 3 rings (SSSR count). The molecule has 1 amide bonds. The zero-order chi connectivity index (χ0) is 24.9. The van der Waals surface area contributed by atoms with Gasteiger partial charge in [0, 0.05) is 12.7 Å². The van der Waals surface area contributed by atoms with Crippen LogP contribution in [0.25, 0.3) is 9.88 Å². The maximum Gasteiger partial charge on any atom is 0.301 e. The number of ketones is 1. The van der Waals surface area contributed by atoms with Gasteiger partial charge in [-0.15, -0.1) is 22.7 Å². The predicted molar refractivity (Wildman–Crippen MR) is 149 cm³/mol. The van der Waals surface area contributed by atoms with Crippen LogP contribution in [-0.2, 0) is 4.79 Å². The fourth-order valence-corrected chi connectivity index (χ4v) is 6.60. The lowest BCUT2D eigenvalue weighted by Gasteiger charge is -2.23. The van der Waals surface area contributed by atoms with Gasteiger partial charge >= 0.3 is 5.91 Å². The molecule has 1 atom stereocenters. The molecule has 1 unspecified atom stereocenters. The molecule has 7 heteroatoms. The van der Waals surface area contributed by atoms with Crippen molar-refractivity contribution in [1.29, 1.82) is 0 Å². The zero-order valence-corrected chi connectivity index (χ0v) is 23.4. The van der Waals surface area contributed by atoms with E-state index in [2.05, 4.69) is 18.8 Å². The fraction of sp³-hybridized carbons (Fsp3) is 0.714. The molecule has 1 aliphatic rings. The molecule has 0 saturated heterocycles. The lowest BCUT2D eigenvalue weighted by Crippen LogP contribution is -2.35. The van der Waals surface area contributed by atoms with Crippen LogP contribution in [0.4, 0.5) is 5.82 Å². The smallest absolute Gasteiger partial charge is 0.288 e. The molecule has 0 aromatic carbocycles. The van der Waals surface area contributed by atoms with Gasteiger partial charge in [-0.1, -0.05) is 104 Å². The van der Waals surface area contributed by atoms with E-state index in [4.69, 9.17) is 4.98 Å². The number of carbonyl (C=O) groups excluding carboxylic acids is 2. The summed E-state index contributed by atoms with van der Waals surface area (Å²) < 4.78 is 0. The Morgan fingerprint density at radius 3 is 1.94 bits per heavy atom. The maximum atomic E-state index is 12.8. The summed E-state index contributed by atoms with van der Waals surface area (Å²) in [5.74, 6) is 0.229. The molecule has 35 heavy (non-hydrogen) atoms. The Morgan fingerprint density at radius 2 is 1.40 bits per heavy atom. The number of carbonyl (C=O) groups is 2. The van der Waals surface area contributed by atoms with Gasteiger partial charge in [-0.2, -0.15) is 0 Å². The number of amides is 1. The Kier molecular flexibility index (Phi) is 12.4. The summed E-state index contributed by atoms with van der Waals surface area (Å²) in [6.07, 6.45) is 22.2. The van der Waals surface area contributed by atoms with Crippen molar-refractivity contribution in [2.24, 2.45) is 5.92 Å². The van der Waals surface area contributed by atoms with Crippen molar-refractivity contribution in [2.75, 3.05) is 11.4 Å². The van der Waals surface area contributed by atoms with E-state index < -0.39 is 11.7 Å². The van der Waals surface area contributed by atoms with Crippen molar-refractivity contribution in [3.05, 3.63) is 16.6 Å². The number of hydrogen-bond acceptors (Lipinski definition) is 6. The standard InChI is InChI=1S/C28H43N3O2S2/c1-3-5-7-9-11-12-14-16-18-22(17-15-13-10-8-6-4-2)20-31-26-25(24(32)28(31)33)35-27(30-26)23-19-29-21-34-23/h19,21-22H,3-18,20H2,1-2H3. The Morgan fingerprint density at radius 1 is 0.829 bits per heavy atom. The molecule has 0 saturated carbocycles. The second kappa shape index (κ2) is 15.5. The van der Waals surface area contributed by atoms with Crippen molar-refractivity contribution < 1.29 is 9.59 Å². The second-order valence-electron chi connectivity index (χ2n) is 9.97. The number of Topliss-reactive ketones (excluding diaryl/α,β-unsaturated/α-hetero) is 1. The normalized spacial score (nSPS) is 14.2. The highest BCUT2D eigenvalue weighted by atomic mass is 32.1. The Hall–Kier alpha value is -1.60. The minimum Gasteiger partial charge on any atom is -0.288 e. The van der Waals surface area contributed by atoms with Crippen LogP contribution in [0.1, 0.15) is 126 Å². The van der Waals surface area contributed by atoms with Crippen LogP contribution in [0.2, 0.25) is 0 Å². The van der Waals surface area contributed by atoms with Crippen LogP contribution >= 0.6 is 22.7 Å². The first-order valence-corrected chi connectivity index (χ1v) is 15.6. The van der Waals surface area contributed by atoms with E-state index in [0.717, 1.165) is 22.7 Å². The number of anilines is 1. The van der Waals surface area contributed by atoms with E-state index in [9.17, 15) is 9.59 Å². The van der Waals surface area contributed by atoms with Crippen molar-refractivity contribution >= 4 is 40.2 Å². The van der Waals surface area contributed by atoms with Gasteiger partial charge in [0.05, 0.1) is 10.4 Å². The van der Waals surface area contributed by atoms with Gasteiger partial charge in [-0.25, -0.2) is 4.98 Å². The van der Waals surface area contributed by atoms with Crippen molar-refractivity contribution in [3.63, 3.8) is 0 Å². The van der Waals surface area contributed by atoms with Crippen LogP contribution in [0.3, 0.4) is 0 Å². The number of thiazole rings is 2. The minimum atomic E-state index is -0.390. The first-order valence-electron chi connectivity index (χ1n) is 13.9. The largest absolute Gasteiger partial charge is 0.301 e. The summed E-state index contributed by atoms with van der Waals surface area (Å²) in [6.45, 7) is 5.13. The highest BCUT2D eigenvalue weighted by molar-refractivity contribution is 7.23. The molecule has 1 aliphatic heterocycles. The maximum absolute atomic E-state index is 12.8. The summed E-state index contributed by atoms with van der Waals surface area (Å²) in [4.78, 5) is 37.5. The Labute approximate surface area is 219 Å². The molecule has 0 aliphatic carbocycles. The summed E-state index contributed by atoms with van der Waals surface area (Å²) in [6, 6.07) is 0. The third kappa shape index (κ3) is 8.49. The quantitative estimate of drug-likeness (QED) is 0.138. The van der Waals surface area contributed by atoms with Crippen LogP contribution in [-0.4, -0.2) is 28.2 Å². The van der Waals surface area contributed by atoms with Crippen LogP contribution in [0.15, 0.2) is 11.7 Å². The molecule has 5 nitrogen and oxygen atoms in total. The number of rotatable bonds is 19. The van der Waals surface area contributed by atoms with E-state index >= 15 is 0 Å². The van der Waals surface area contributed by atoms with Crippen molar-refractivity contribution in [3.8, 4) is 9.88 Å². The molecule has 2 aromatic rings. The summed E-state index contributed by atoms with van der Waals surface area (Å²) in [5.41, 5.74) is 1.77. The van der Waals surface area contributed by atoms with E-state index in [1.165, 1.54) is 113 Å². The number of hydrogen-bond donors (Lipinski definition) is 0. The third-order valence-electron chi connectivity index (χ3n) is 7.03. The van der Waals surface area contributed by atoms with Gasteiger partial charge in [0.1, 0.15) is 9.88 Å². The van der Waals surface area contributed by atoms with Gasteiger partial charge in [0.15, 0.2) is 5.82 Å². The number of aromatic nitrogens is 2.